The van der Waals surface area contributed by atoms with Crippen LogP contribution in [0.1, 0.15) is 23.1 Å². The highest BCUT2D eigenvalue weighted by Crippen LogP contribution is 2.18. The summed E-state index contributed by atoms with van der Waals surface area (Å²) >= 11 is 5.93. The number of hydrogen-bond donors (Lipinski definition) is 1. The Balaban J connectivity index is 1.94. The van der Waals surface area contributed by atoms with Crippen molar-refractivity contribution in [2.45, 2.75) is 26.7 Å². The molecule has 3 heteroatoms. The molecule has 0 unspecified atom stereocenters. The van der Waals surface area contributed by atoms with Crippen LogP contribution >= 0.6 is 11.6 Å². The monoisotopic (exact) mass is 287 g/mol. The third-order valence-electron chi connectivity index (χ3n) is 3.41. The average Bonchev–Trinajstić information content (AvgIpc) is 2.42. The molecule has 0 radical (unpaired) electrons. The van der Waals surface area contributed by atoms with Gasteiger partial charge < -0.3 is 5.32 Å². The van der Waals surface area contributed by atoms with Gasteiger partial charge in [0.25, 0.3) is 0 Å². The van der Waals surface area contributed by atoms with Crippen LogP contribution in [-0.4, -0.2) is 5.91 Å². The van der Waals surface area contributed by atoms with E-state index in [0.717, 1.165) is 16.8 Å². The number of carbonyl (C=O) groups is 1. The van der Waals surface area contributed by atoms with Crippen LogP contribution in [0.15, 0.2) is 42.5 Å². The highest BCUT2D eigenvalue weighted by Gasteiger charge is 2.06. The Morgan fingerprint density at radius 1 is 1.15 bits per heavy atom. The summed E-state index contributed by atoms with van der Waals surface area (Å²) in [4.78, 5) is 12.0. The molecule has 20 heavy (non-hydrogen) atoms. The smallest absolute Gasteiger partial charge is 0.224 e. The lowest BCUT2D eigenvalue weighted by molar-refractivity contribution is -0.116. The largest absolute Gasteiger partial charge is 0.326 e. The normalized spacial score (nSPS) is 10.3. The lowest BCUT2D eigenvalue weighted by atomic mass is 10.1. The van der Waals surface area contributed by atoms with Crippen molar-refractivity contribution in [2.24, 2.45) is 0 Å². The zero-order chi connectivity index (χ0) is 14.5. The molecule has 104 valence electrons. The molecule has 0 aromatic heterocycles. The Hall–Kier alpha value is -1.80. The molecule has 2 aromatic carbocycles. The van der Waals surface area contributed by atoms with Gasteiger partial charge >= 0.3 is 0 Å². The first-order valence-electron chi connectivity index (χ1n) is 6.67. The molecule has 0 heterocycles. The molecule has 0 saturated carbocycles. The average molecular weight is 288 g/mol. The number of hydrogen-bond acceptors (Lipinski definition) is 1. The van der Waals surface area contributed by atoms with Gasteiger partial charge in [0.2, 0.25) is 5.91 Å². The molecule has 0 aliphatic heterocycles. The van der Waals surface area contributed by atoms with Crippen molar-refractivity contribution < 1.29 is 4.79 Å². The molecule has 0 saturated heterocycles. The lowest BCUT2D eigenvalue weighted by Gasteiger charge is -2.10. The van der Waals surface area contributed by atoms with Gasteiger partial charge in [-0.2, -0.15) is 0 Å². The second-order valence-electron chi connectivity index (χ2n) is 4.93. The number of benzene rings is 2. The van der Waals surface area contributed by atoms with Crippen LogP contribution in [0.25, 0.3) is 0 Å². The van der Waals surface area contributed by atoms with Gasteiger partial charge in [0.15, 0.2) is 0 Å². The summed E-state index contributed by atoms with van der Waals surface area (Å²) in [5.41, 5.74) is 4.26. The molecule has 1 N–H and O–H groups in total. The van der Waals surface area contributed by atoms with Gasteiger partial charge in [-0.3, -0.25) is 4.79 Å². The van der Waals surface area contributed by atoms with Crippen molar-refractivity contribution in [1.29, 1.82) is 0 Å². The Kier molecular flexibility index (Phi) is 4.80. The van der Waals surface area contributed by atoms with E-state index in [9.17, 15) is 4.79 Å². The zero-order valence-corrected chi connectivity index (χ0v) is 12.5. The molecular formula is C17H18ClNO. The van der Waals surface area contributed by atoms with Crippen molar-refractivity contribution in [3.63, 3.8) is 0 Å². The first-order chi connectivity index (χ1) is 9.56. The third kappa shape index (κ3) is 3.84. The van der Waals surface area contributed by atoms with Gasteiger partial charge in [0, 0.05) is 17.1 Å². The van der Waals surface area contributed by atoms with Crippen LogP contribution in [0.2, 0.25) is 5.02 Å². The van der Waals surface area contributed by atoms with Crippen molar-refractivity contribution in [2.75, 3.05) is 5.32 Å². The van der Waals surface area contributed by atoms with E-state index < -0.39 is 0 Å². The van der Waals surface area contributed by atoms with Crippen molar-refractivity contribution in [3.8, 4) is 0 Å². The standard InChI is InChI=1S/C17H18ClNO/c1-12-5-3-8-16(13(12)2)19-17(20)10-9-14-6-4-7-15(18)11-14/h3-8,11H,9-10H2,1-2H3,(H,19,20). The fraction of sp³-hybridized carbons (Fsp3) is 0.235. The predicted octanol–water partition coefficient (Wildman–Crippen LogP) is 4.53. The van der Waals surface area contributed by atoms with E-state index >= 15 is 0 Å². The summed E-state index contributed by atoms with van der Waals surface area (Å²) in [7, 11) is 0. The van der Waals surface area contributed by atoms with E-state index in [2.05, 4.69) is 5.32 Å². The fourth-order valence-corrected chi connectivity index (χ4v) is 2.26. The number of amides is 1. The number of halogens is 1. The molecule has 0 aliphatic carbocycles. The van der Waals surface area contributed by atoms with Gasteiger partial charge in [-0.05, 0) is 55.2 Å². The van der Waals surface area contributed by atoms with Gasteiger partial charge in [0.05, 0.1) is 0 Å². The van der Waals surface area contributed by atoms with Crippen LogP contribution < -0.4 is 5.32 Å². The van der Waals surface area contributed by atoms with E-state index in [4.69, 9.17) is 11.6 Å². The van der Waals surface area contributed by atoms with Crippen molar-refractivity contribution in [3.05, 3.63) is 64.2 Å². The van der Waals surface area contributed by atoms with E-state index in [0.29, 0.717) is 17.9 Å². The minimum atomic E-state index is 0.0266. The van der Waals surface area contributed by atoms with Gasteiger partial charge in [-0.15, -0.1) is 0 Å². The summed E-state index contributed by atoms with van der Waals surface area (Å²) in [6.45, 7) is 4.05. The molecule has 2 aromatic rings. The maximum atomic E-state index is 12.0. The van der Waals surface area contributed by atoms with E-state index in [1.54, 1.807) is 0 Å². The first kappa shape index (κ1) is 14.6. The van der Waals surface area contributed by atoms with Crippen LogP contribution in [0.4, 0.5) is 5.69 Å². The van der Waals surface area contributed by atoms with Crippen LogP contribution in [0.3, 0.4) is 0 Å². The molecule has 0 atom stereocenters. The van der Waals surface area contributed by atoms with E-state index in [-0.39, 0.29) is 5.91 Å². The molecule has 0 fully saturated rings. The van der Waals surface area contributed by atoms with Crippen LogP contribution in [-0.2, 0) is 11.2 Å². The molecule has 0 spiro atoms. The highest BCUT2D eigenvalue weighted by atomic mass is 35.5. The fourth-order valence-electron chi connectivity index (χ4n) is 2.05. The molecule has 1 amide bonds. The maximum Gasteiger partial charge on any atom is 0.224 e. The second kappa shape index (κ2) is 6.58. The lowest BCUT2D eigenvalue weighted by Crippen LogP contribution is -2.13. The number of rotatable bonds is 4. The number of nitrogens with one attached hydrogen (secondary N) is 1. The van der Waals surface area contributed by atoms with E-state index in [1.165, 1.54) is 5.56 Å². The summed E-state index contributed by atoms with van der Waals surface area (Å²) in [6, 6.07) is 13.5. The van der Waals surface area contributed by atoms with Crippen LogP contribution in [0, 0.1) is 13.8 Å². The molecular weight excluding hydrogens is 270 g/mol. The molecule has 0 bridgehead atoms. The van der Waals surface area contributed by atoms with E-state index in [1.807, 2.05) is 56.3 Å². The topological polar surface area (TPSA) is 29.1 Å². The zero-order valence-electron chi connectivity index (χ0n) is 11.7. The predicted molar refractivity (Wildman–Crippen MR) is 84.3 cm³/mol. The Labute approximate surface area is 124 Å². The summed E-state index contributed by atoms with van der Waals surface area (Å²) < 4.78 is 0. The maximum absolute atomic E-state index is 12.0. The molecule has 2 rings (SSSR count). The Bertz CT molecular complexity index is 622. The second-order valence-corrected chi connectivity index (χ2v) is 5.36. The SMILES string of the molecule is Cc1cccc(NC(=O)CCc2cccc(Cl)c2)c1C. The molecule has 0 aliphatic rings. The number of anilines is 1. The minimum Gasteiger partial charge on any atom is -0.326 e. The Morgan fingerprint density at radius 3 is 2.65 bits per heavy atom. The minimum absolute atomic E-state index is 0.0266. The number of carbonyl (C=O) groups excluding carboxylic acids is 1. The highest BCUT2D eigenvalue weighted by molar-refractivity contribution is 6.30. The molecule has 2 nitrogen and oxygen atoms in total. The summed E-state index contributed by atoms with van der Waals surface area (Å²) in [5.74, 6) is 0.0266. The first-order valence-corrected chi connectivity index (χ1v) is 7.04. The Morgan fingerprint density at radius 2 is 1.90 bits per heavy atom. The van der Waals surface area contributed by atoms with Crippen LogP contribution in [0.5, 0.6) is 0 Å². The van der Waals surface area contributed by atoms with Gasteiger partial charge in [-0.25, -0.2) is 0 Å². The third-order valence-corrected chi connectivity index (χ3v) is 3.64. The van der Waals surface area contributed by atoms with Gasteiger partial charge in [-0.1, -0.05) is 35.9 Å². The van der Waals surface area contributed by atoms with Gasteiger partial charge in [0.1, 0.15) is 0 Å². The van der Waals surface area contributed by atoms with Crippen molar-refractivity contribution >= 4 is 23.2 Å². The van der Waals surface area contributed by atoms with Crippen molar-refractivity contribution in [1.82, 2.24) is 0 Å². The summed E-state index contributed by atoms with van der Waals surface area (Å²) in [5, 5.41) is 3.67. The summed E-state index contributed by atoms with van der Waals surface area (Å²) in [6.07, 6.45) is 1.14. The quantitative estimate of drug-likeness (QED) is 0.879. The number of aryl methyl sites for hydroxylation is 2.